The Morgan fingerprint density at radius 2 is 2.05 bits per heavy atom. The summed E-state index contributed by atoms with van der Waals surface area (Å²) in [4.78, 5) is 16.2. The number of hydrogen-bond acceptors (Lipinski definition) is 5. The summed E-state index contributed by atoms with van der Waals surface area (Å²) in [5.74, 6) is 1.11. The zero-order valence-electron chi connectivity index (χ0n) is 11.9. The number of unbranched alkanes of at least 4 members (excludes halogenated alkanes) is 1. The molecule has 0 spiro atoms. The molecule has 0 aromatic rings. The number of piperazine rings is 1. The predicted molar refractivity (Wildman–Crippen MR) is 80.3 cm³/mol. The van der Waals surface area contributed by atoms with E-state index in [4.69, 9.17) is 5.73 Å². The molecular formula is C13H27N3O2S. The minimum absolute atomic E-state index is 0.125. The van der Waals surface area contributed by atoms with E-state index in [9.17, 15) is 9.90 Å². The molecule has 3 N–H and O–H groups in total. The SMILES string of the molecule is CCCCN1CCN(C(=O)C(O)CSCCN)CC1. The number of nitrogens with zero attached hydrogens (tertiary/aromatic N) is 2. The molecule has 0 aromatic carbocycles. The smallest absolute Gasteiger partial charge is 0.252 e. The maximum Gasteiger partial charge on any atom is 0.252 e. The van der Waals surface area contributed by atoms with Crippen LogP contribution < -0.4 is 5.73 Å². The Morgan fingerprint density at radius 1 is 1.37 bits per heavy atom. The van der Waals surface area contributed by atoms with Crippen LogP contribution in [0.15, 0.2) is 0 Å². The lowest BCUT2D eigenvalue weighted by Gasteiger charge is -2.35. The van der Waals surface area contributed by atoms with Gasteiger partial charge in [0.15, 0.2) is 0 Å². The van der Waals surface area contributed by atoms with Gasteiger partial charge in [-0.3, -0.25) is 9.69 Å². The van der Waals surface area contributed by atoms with E-state index >= 15 is 0 Å². The Hall–Kier alpha value is -0.300. The molecule has 1 unspecified atom stereocenters. The van der Waals surface area contributed by atoms with Gasteiger partial charge < -0.3 is 15.7 Å². The van der Waals surface area contributed by atoms with Crippen LogP contribution in [0.2, 0.25) is 0 Å². The first-order chi connectivity index (χ1) is 9.19. The summed E-state index contributed by atoms with van der Waals surface area (Å²) >= 11 is 1.53. The zero-order chi connectivity index (χ0) is 14.1. The van der Waals surface area contributed by atoms with Gasteiger partial charge in [-0.2, -0.15) is 11.8 Å². The van der Waals surface area contributed by atoms with Crippen molar-refractivity contribution in [3.8, 4) is 0 Å². The van der Waals surface area contributed by atoms with Crippen LogP contribution in [-0.4, -0.2) is 77.7 Å². The van der Waals surface area contributed by atoms with Crippen LogP contribution in [0, 0.1) is 0 Å². The topological polar surface area (TPSA) is 69.8 Å². The predicted octanol–water partition coefficient (Wildman–Crippen LogP) is -0.0165. The fourth-order valence-electron chi connectivity index (χ4n) is 2.13. The van der Waals surface area contributed by atoms with Crippen molar-refractivity contribution < 1.29 is 9.90 Å². The van der Waals surface area contributed by atoms with Gasteiger partial charge in [-0.05, 0) is 13.0 Å². The molecule has 0 aromatic heterocycles. The second-order valence-corrected chi connectivity index (χ2v) is 6.05. The van der Waals surface area contributed by atoms with Gasteiger partial charge >= 0.3 is 0 Å². The summed E-state index contributed by atoms with van der Waals surface area (Å²) in [6, 6.07) is 0. The van der Waals surface area contributed by atoms with Gasteiger partial charge in [0, 0.05) is 44.2 Å². The van der Waals surface area contributed by atoms with Gasteiger partial charge in [0.1, 0.15) is 6.10 Å². The van der Waals surface area contributed by atoms with Crippen LogP contribution in [0.4, 0.5) is 0 Å². The number of carbonyl (C=O) groups is 1. The Balaban J connectivity index is 2.24. The van der Waals surface area contributed by atoms with Crippen molar-refractivity contribution in [3.05, 3.63) is 0 Å². The lowest BCUT2D eigenvalue weighted by Crippen LogP contribution is -2.52. The quantitative estimate of drug-likeness (QED) is 0.615. The fraction of sp³-hybridized carbons (Fsp3) is 0.923. The first-order valence-electron chi connectivity index (χ1n) is 7.16. The van der Waals surface area contributed by atoms with E-state index in [2.05, 4.69) is 11.8 Å². The van der Waals surface area contributed by atoms with Crippen LogP contribution in [0.25, 0.3) is 0 Å². The monoisotopic (exact) mass is 289 g/mol. The number of thioether (sulfide) groups is 1. The Labute approximate surface area is 120 Å². The van der Waals surface area contributed by atoms with Crippen molar-refractivity contribution in [2.75, 3.05) is 50.8 Å². The lowest BCUT2D eigenvalue weighted by atomic mass is 10.2. The highest BCUT2D eigenvalue weighted by molar-refractivity contribution is 7.99. The molecule has 1 heterocycles. The van der Waals surface area contributed by atoms with Gasteiger partial charge in [0.05, 0.1) is 0 Å². The van der Waals surface area contributed by atoms with Gasteiger partial charge in [-0.1, -0.05) is 13.3 Å². The number of hydrogen-bond donors (Lipinski definition) is 2. The summed E-state index contributed by atoms with van der Waals surface area (Å²) in [6.07, 6.45) is 1.54. The van der Waals surface area contributed by atoms with E-state index < -0.39 is 6.10 Å². The van der Waals surface area contributed by atoms with Gasteiger partial charge in [-0.25, -0.2) is 0 Å². The largest absolute Gasteiger partial charge is 0.382 e. The Morgan fingerprint density at radius 3 is 2.63 bits per heavy atom. The van der Waals surface area contributed by atoms with Gasteiger partial charge in [-0.15, -0.1) is 0 Å². The van der Waals surface area contributed by atoms with Crippen molar-refractivity contribution in [2.24, 2.45) is 5.73 Å². The second kappa shape index (κ2) is 9.58. The van der Waals surface area contributed by atoms with E-state index in [0.717, 1.165) is 38.5 Å². The average molecular weight is 289 g/mol. The van der Waals surface area contributed by atoms with Crippen molar-refractivity contribution >= 4 is 17.7 Å². The molecule has 1 aliphatic heterocycles. The molecular weight excluding hydrogens is 262 g/mol. The molecule has 0 bridgehead atoms. The third-order valence-electron chi connectivity index (χ3n) is 3.33. The number of aliphatic hydroxyl groups is 1. The van der Waals surface area contributed by atoms with Crippen LogP contribution >= 0.6 is 11.8 Å². The number of carbonyl (C=O) groups excluding carboxylic acids is 1. The highest BCUT2D eigenvalue weighted by Crippen LogP contribution is 2.08. The highest BCUT2D eigenvalue weighted by Gasteiger charge is 2.25. The van der Waals surface area contributed by atoms with Gasteiger partial charge in [0.2, 0.25) is 0 Å². The molecule has 1 atom stereocenters. The number of amides is 1. The molecule has 19 heavy (non-hydrogen) atoms. The Kier molecular flexibility index (Phi) is 8.45. The molecule has 112 valence electrons. The molecule has 1 rings (SSSR count). The number of aliphatic hydroxyl groups excluding tert-OH is 1. The van der Waals surface area contributed by atoms with Gasteiger partial charge in [0.25, 0.3) is 5.91 Å². The van der Waals surface area contributed by atoms with Crippen LogP contribution in [0.5, 0.6) is 0 Å². The van der Waals surface area contributed by atoms with Crippen LogP contribution in [-0.2, 0) is 4.79 Å². The normalized spacial score (nSPS) is 18.6. The zero-order valence-corrected chi connectivity index (χ0v) is 12.7. The van der Waals surface area contributed by atoms with Crippen LogP contribution in [0.1, 0.15) is 19.8 Å². The highest BCUT2D eigenvalue weighted by atomic mass is 32.2. The molecule has 1 fully saturated rings. The van der Waals surface area contributed by atoms with E-state index in [-0.39, 0.29) is 5.91 Å². The summed E-state index contributed by atoms with van der Waals surface area (Å²) in [5.41, 5.74) is 5.39. The summed E-state index contributed by atoms with van der Waals surface area (Å²) in [6.45, 7) is 7.22. The number of rotatable bonds is 8. The number of nitrogens with two attached hydrogens (primary N) is 1. The summed E-state index contributed by atoms with van der Waals surface area (Å²) in [5, 5.41) is 9.84. The first-order valence-corrected chi connectivity index (χ1v) is 8.31. The molecule has 1 saturated heterocycles. The molecule has 0 radical (unpaired) electrons. The van der Waals surface area contributed by atoms with E-state index in [0.29, 0.717) is 12.3 Å². The maximum atomic E-state index is 12.0. The molecule has 0 aliphatic carbocycles. The van der Waals surface area contributed by atoms with Crippen molar-refractivity contribution in [3.63, 3.8) is 0 Å². The van der Waals surface area contributed by atoms with Crippen molar-refractivity contribution in [1.82, 2.24) is 9.80 Å². The third-order valence-corrected chi connectivity index (χ3v) is 4.41. The molecule has 1 aliphatic rings. The molecule has 1 amide bonds. The van der Waals surface area contributed by atoms with Crippen molar-refractivity contribution in [1.29, 1.82) is 0 Å². The fourth-order valence-corrected chi connectivity index (χ4v) is 2.83. The molecule has 5 nitrogen and oxygen atoms in total. The van der Waals surface area contributed by atoms with Crippen LogP contribution in [0.3, 0.4) is 0 Å². The molecule has 0 saturated carbocycles. The van der Waals surface area contributed by atoms with E-state index in [1.807, 2.05) is 0 Å². The minimum Gasteiger partial charge on any atom is -0.382 e. The molecule has 6 heteroatoms. The second-order valence-electron chi connectivity index (χ2n) is 4.90. The standard InChI is InChI=1S/C13H27N3O2S/c1-2-3-5-15-6-8-16(9-7-15)13(18)12(17)11-19-10-4-14/h12,17H,2-11,14H2,1H3. The Bertz CT molecular complexity index is 258. The minimum atomic E-state index is -0.876. The van der Waals surface area contributed by atoms with E-state index in [1.165, 1.54) is 24.6 Å². The first kappa shape index (κ1) is 16.8. The average Bonchev–Trinajstić information content (AvgIpc) is 2.45. The van der Waals surface area contributed by atoms with Crippen molar-refractivity contribution in [2.45, 2.75) is 25.9 Å². The summed E-state index contributed by atoms with van der Waals surface area (Å²) in [7, 11) is 0. The van der Waals surface area contributed by atoms with E-state index in [1.54, 1.807) is 4.90 Å². The lowest BCUT2D eigenvalue weighted by molar-refractivity contribution is -0.140. The third kappa shape index (κ3) is 6.12. The summed E-state index contributed by atoms with van der Waals surface area (Å²) < 4.78 is 0. The maximum absolute atomic E-state index is 12.0.